The van der Waals surface area contributed by atoms with Crippen LogP contribution in [0.4, 0.5) is 5.69 Å². The van der Waals surface area contributed by atoms with Gasteiger partial charge in [-0.1, -0.05) is 38.1 Å². The quantitative estimate of drug-likeness (QED) is 0.664. The van der Waals surface area contributed by atoms with Crippen LogP contribution >= 0.6 is 0 Å². The Hall–Kier alpha value is -2.79. The minimum absolute atomic E-state index is 0.0932. The number of rotatable bonds is 7. The number of allylic oxidation sites excluding steroid dienone is 1. The van der Waals surface area contributed by atoms with E-state index in [4.69, 9.17) is 9.47 Å². The van der Waals surface area contributed by atoms with E-state index in [1.165, 1.54) is 5.56 Å². The molecular formula is C24H30N2O3. The van der Waals surface area contributed by atoms with E-state index in [1.807, 2.05) is 43.3 Å². The molecule has 0 spiro atoms. The van der Waals surface area contributed by atoms with Gasteiger partial charge in [0, 0.05) is 36.5 Å². The van der Waals surface area contributed by atoms with Crippen molar-refractivity contribution in [2.24, 2.45) is 0 Å². The maximum Gasteiger partial charge on any atom is 0.171 e. The third-order valence-electron chi connectivity index (χ3n) is 5.56. The number of ketones is 1. The molecule has 0 atom stereocenters. The number of fused-ring (bicyclic) bond motifs is 1. The molecule has 2 aromatic rings. The second-order valence-electron chi connectivity index (χ2n) is 8.06. The van der Waals surface area contributed by atoms with Crippen LogP contribution in [0.25, 0.3) is 0 Å². The van der Waals surface area contributed by atoms with Gasteiger partial charge in [-0.25, -0.2) is 0 Å². The second-order valence-corrected chi connectivity index (χ2v) is 8.06. The molecule has 0 bridgehead atoms. The Labute approximate surface area is 173 Å². The fourth-order valence-corrected chi connectivity index (χ4v) is 4.07. The van der Waals surface area contributed by atoms with E-state index in [0.717, 1.165) is 16.9 Å². The van der Waals surface area contributed by atoms with Crippen molar-refractivity contribution in [3.63, 3.8) is 0 Å². The average Bonchev–Trinajstić information content (AvgIpc) is 2.88. The smallest absolute Gasteiger partial charge is 0.171 e. The normalized spacial score (nSPS) is 16.2. The summed E-state index contributed by atoms with van der Waals surface area (Å²) in [7, 11) is 7.22. The summed E-state index contributed by atoms with van der Waals surface area (Å²) in [5.41, 5.74) is 4.32. The van der Waals surface area contributed by atoms with Gasteiger partial charge in [-0.15, -0.1) is 0 Å². The molecule has 5 heteroatoms. The lowest BCUT2D eigenvalue weighted by Gasteiger charge is -2.24. The topological polar surface area (TPSA) is 42.0 Å². The highest BCUT2D eigenvalue weighted by Gasteiger charge is 2.38. The van der Waals surface area contributed by atoms with Crippen LogP contribution in [0.15, 0.2) is 54.2 Å². The van der Waals surface area contributed by atoms with Crippen molar-refractivity contribution >= 4 is 11.5 Å². The number of hydrogen-bond acceptors (Lipinski definition) is 5. The van der Waals surface area contributed by atoms with Crippen molar-refractivity contribution in [1.82, 2.24) is 4.90 Å². The van der Waals surface area contributed by atoms with Gasteiger partial charge < -0.3 is 14.4 Å². The fourth-order valence-electron chi connectivity index (χ4n) is 4.07. The van der Waals surface area contributed by atoms with Crippen molar-refractivity contribution in [3.8, 4) is 11.5 Å². The van der Waals surface area contributed by atoms with Gasteiger partial charge in [0.1, 0.15) is 0 Å². The van der Waals surface area contributed by atoms with Crippen molar-refractivity contribution in [2.75, 3.05) is 39.8 Å². The second kappa shape index (κ2) is 8.29. The van der Waals surface area contributed by atoms with Gasteiger partial charge in [0.25, 0.3) is 0 Å². The third-order valence-corrected chi connectivity index (χ3v) is 5.56. The number of methoxy groups -OCH3 is 2. The number of carbonyl (C=O) groups excluding carboxylic acids is 1. The SMILES string of the molecule is COc1ccc(CN(C)CC(=O)/C=C2/N(C)c3ccccc3C2(C)C)cc1OC. The Bertz CT molecular complexity index is 933. The molecule has 0 fully saturated rings. The summed E-state index contributed by atoms with van der Waals surface area (Å²) in [6.07, 6.45) is 1.80. The number of carbonyl (C=O) groups is 1. The molecule has 0 aliphatic carbocycles. The first-order valence-electron chi connectivity index (χ1n) is 9.75. The highest BCUT2D eigenvalue weighted by molar-refractivity contribution is 5.94. The molecule has 1 aliphatic rings. The monoisotopic (exact) mass is 394 g/mol. The number of hydrogen-bond donors (Lipinski definition) is 0. The Morgan fingerprint density at radius 3 is 2.45 bits per heavy atom. The Morgan fingerprint density at radius 2 is 1.79 bits per heavy atom. The zero-order chi connectivity index (χ0) is 21.2. The molecular weight excluding hydrogens is 364 g/mol. The predicted molar refractivity (Wildman–Crippen MR) is 117 cm³/mol. The third kappa shape index (κ3) is 4.15. The Morgan fingerprint density at radius 1 is 1.10 bits per heavy atom. The molecule has 1 aliphatic heterocycles. The molecule has 0 N–H and O–H groups in total. The van der Waals surface area contributed by atoms with Gasteiger partial charge in [-0.3, -0.25) is 9.69 Å². The highest BCUT2D eigenvalue weighted by Crippen LogP contribution is 2.46. The van der Waals surface area contributed by atoms with Crippen LogP contribution in [-0.2, 0) is 16.8 Å². The molecule has 0 unspecified atom stereocenters. The number of anilines is 1. The van der Waals surface area contributed by atoms with Crippen molar-refractivity contribution < 1.29 is 14.3 Å². The highest BCUT2D eigenvalue weighted by atomic mass is 16.5. The summed E-state index contributed by atoms with van der Waals surface area (Å²) in [6.45, 7) is 5.33. The molecule has 0 amide bonds. The number of likely N-dealkylation sites (N-methyl/N-ethyl adjacent to an activating group) is 2. The van der Waals surface area contributed by atoms with E-state index in [2.05, 4.69) is 36.9 Å². The average molecular weight is 395 g/mol. The first kappa shape index (κ1) is 20.9. The Kier molecular flexibility index (Phi) is 5.99. The summed E-state index contributed by atoms with van der Waals surface area (Å²) in [4.78, 5) is 17.0. The molecule has 5 nitrogen and oxygen atoms in total. The van der Waals surface area contributed by atoms with Crippen LogP contribution in [-0.4, -0.2) is 45.5 Å². The van der Waals surface area contributed by atoms with Crippen LogP contribution in [0.2, 0.25) is 0 Å². The predicted octanol–water partition coefficient (Wildman–Crippen LogP) is 4.02. The molecule has 3 rings (SSSR count). The summed E-state index contributed by atoms with van der Waals surface area (Å²) in [6, 6.07) is 14.2. The molecule has 154 valence electrons. The van der Waals surface area contributed by atoms with E-state index < -0.39 is 0 Å². The zero-order valence-corrected chi connectivity index (χ0v) is 18.2. The fraction of sp³-hybridized carbons (Fsp3) is 0.375. The zero-order valence-electron chi connectivity index (χ0n) is 18.2. The maximum absolute atomic E-state index is 12.8. The van der Waals surface area contributed by atoms with Gasteiger partial charge in [0.2, 0.25) is 0 Å². The van der Waals surface area contributed by atoms with Crippen molar-refractivity contribution in [3.05, 3.63) is 65.4 Å². The lowest BCUT2D eigenvalue weighted by molar-refractivity contribution is -0.115. The number of ether oxygens (including phenoxy) is 2. The molecule has 0 aromatic heterocycles. The first-order valence-corrected chi connectivity index (χ1v) is 9.75. The van der Waals surface area contributed by atoms with Crippen molar-refractivity contribution in [1.29, 1.82) is 0 Å². The summed E-state index contributed by atoms with van der Waals surface area (Å²) in [5, 5.41) is 0. The lowest BCUT2D eigenvalue weighted by Crippen LogP contribution is -2.28. The summed E-state index contributed by atoms with van der Waals surface area (Å²) < 4.78 is 10.7. The van der Waals surface area contributed by atoms with E-state index in [9.17, 15) is 4.79 Å². The van der Waals surface area contributed by atoms with Crippen LogP contribution < -0.4 is 14.4 Å². The molecule has 0 saturated carbocycles. The van der Waals surface area contributed by atoms with Gasteiger partial charge in [-0.05, 0) is 36.4 Å². The minimum Gasteiger partial charge on any atom is -0.493 e. The first-order chi connectivity index (χ1) is 13.8. The van der Waals surface area contributed by atoms with Crippen LogP contribution in [0.3, 0.4) is 0 Å². The van der Waals surface area contributed by atoms with Gasteiger partial charge >= 0.3 is 0 Å². The minimum atomic E-state index is -0.192. The van der Waals surface area contributed by atoms with E-state index in [-0.39, 0.29) is 11.2 Å². The number of para-hydroxylation sites is 1. The summed E-state index contributed by atoms with van der Waals surface area (Å²) >= 11 is 0. The van der Waals surface area contributed by atoms with Gasteiger partial charge in [0.05, 0.1) is 20.8 Å². The van der Waals surface area contributed by atoms with Crippen molar-refractivity contribution in [2.45, 2.75) is 25.8 Å². The number of nitrogens with zero attached hydrogens (tertiary/aromatic N) is 2. The molecule has 29 heavy (non-hydrogen) atoms. The standard InChI is InChI=1S/C24H30N2O3/c1-24(2)19-9-7-8-10-20(19)26(4)23(24)14-18(27)16-25(3)15-17-11-12-21(28-5)22(13-17)29-6/h7-14H,15-16H2,1-6H3/b23-14+. The summed E-state index contributed by atoms with van der Waals surface area (Å²) in [5.74, 6) is 1.49. The van der Waals surface area contributed by atoms with Crippen LogP contribution in [0, 0.1) is 0 Å². The van der Waals surface area contributed by atoms with Gasteiger partial charge in [0.15, 0.2) is 17.3 Å². The number of benzene rings is 2. The lowest BCUT2D eigenvalue weighted by atomic mass is 9.83. The van der Waals surface area contributed by atoms with Gasteiger partial charge in [-0.2, -0.15) is 0 Å². The van der Waals surface area contributed by atoms with Crippen LogP contribution in [0.5, 0.6) is 11.5 Å². The molecule has 0 saturated heterocycles. The van der Waals surface area contributed by atoms with E-state index in [0.29, 0.717) is 24.6 Å². The Balaban J connectivity index is 1.71. The van der Waals surface area contributed by atoms with E-state index in [1.54, 1.807) is 20.3 Å². The van der Waals surface area contributed by atoms with E-state index >= 15 is 0 Å². The maximum atomic E-state index is 12.8. The molecule has 2 aromatic carbocycles. The molecule has 1 heterocycles. The van der Waals surface area contributed by atoms with Crippen LogP contribution in [0.1, 0.15) is 25.0 Å². The largest absolute Gasteiger partial charge is 0.493 e. The molecule has 0 radical (unpaired) electrons.